The summed E-state index contributed by atoms with van der Waals surface area (Å²) in [7, 11) is 0. The van der Waals surface area contributed by atoms with Gasteiger partial charge in [0, 0.05) is 16.7 Å². The van der Waals surface area contributed by atoms with Gasteiger partial charge in [-0.3, -0.25) is 0 Å². The van der Waals surface area contributed by atoms with Gasteiger partial charge in [-0.1, -0.05) is 84.9 Å². The standard InChI is InChI=1S/C24H18O2/c25-21-14-8-7-13-20(21)24-22(26)16-15-19(17-9-3-1-4-10-17)23(24)18-11-5-2-6-12-18/h1-16,25-26H. The zero-order chi connectivity index (χ0) is 17.9. The predicted octanol–water partition coefficient (Wildman–Crippen LogP) is 6.10. The van der Waals surface area contributed by atoms with E-state index < -0.39 is 0 Å². The number of hydrogen-bond acceptors (Lipinski definition) is 2. The second-order valence-corrected chi connectivity index (χ2v) is 6.13. The van der Waals surface area contributed by atoms with E-state index >= 15 is 0 Å². The number of para-hydroxylation sites is 1. The summed E-state index contributed by atoms with van der Waals surface area (Å²) < 4.78 is 0. The van der Waals surface area contributed by atoms with Crippen LogP contribution >= 0.6 is 0 Å². The van der Waals surface area contributed by atoms with E-state index in [9.17, 15) is 10.2 Å². The predicted molar refractivity (Wildman–Crippen MR) is 106 cm³/mol. The summed E-state index contributed by atoms with van der Waals surface area (Å²) in [6.07, 6.45) is 0. The normalized spacial score (nSPS) is 10.6. The van der Waals surface area contributed by atoms with Crippen LogP contribution in [0.25, 0.3) is 33.4 Å². The van der Waals surface area contributed by atoms with E-state index in [4.69, 9.17) is 0 Å². The van der Waals surface area contributed by atoms with Crippen molar-refractivity contribution in [2.75, 3.05) is 0 Å². The summed E-state index contributed by atoms with van der Waals surface area (Å²) in [4.78, 5) is 0. The van der Waals surface area contributed by atoms with Crippen molar-refractivity contribution >= 4 is 0 Å². The molecule has 0 atom stereocenters. The SMILES string of the molecule is Oc1ccccc1-c1c(O)ccc(-c2ccccc2)c1-c1ccccc1. The average Bonchev–Trinajstić information content (AvgIpc) is 2.70. The molecule has 0 heterocycles. The van der Waals surface area contributed by atoms with Crippen LogP contribution in [0.5, 0.6) is 11.5 Å². The zero-order valence-corrected chi connectivity index (χ0v) is 14.1. The van der Waals surface area contributed by atoms with Crippen molar-refractivity contribution < 1.29 is 10.2 Å². The van der Waals surface area contributed by atoms with Crippen LogP contribution < -0.4 is 0 Å². The fourth-order valence-corrected chi connectivity index (χ4v) is 3.31. The van der Waals surface area contributed by atoms with E-state index in [1.807, 2.05) is 78.9 Å². The second-order valence-electron chi connectivity index (χ2n) is 6.13. The van der Waals surface area contributed by atoms with Gasteiger partial charge in [0.25, 0.3) is 0 Å². The molecule has 0 bridgehead atoms. The van der Waals surface area contributed by atoms with E-state index in [2.05, 4.69) is 0 Å². The monoisotopic (exact) mass is 338 g/mol. The summed E-state index contributed by atoms with van der Waals surface area (Å²) in [5.74, 6) is 0.287. The lowest BCUT2D eigenvalue weighted by Crippen LogP contribution is -1.91. The molecule has 0 amide bonds. The first-order valence-electron chi connectivity index (χ1n) is 8.51. The minimum atomic E-state index is 0.144. The highest BCUT2D eigenvalue weighted by atomic mass is 16.3. The number of aromatic hydroxyl groups is 2. The highest BCUT2D eigenvalue weighted by molar-refractivity contribution is 5.98. The van der Waals surface area contributed by atoms with Crippen LogP contribution in [0.2, 0.25) is 0 Å². The molecule has 0 spiro atoms. The van der Waals surface area contributed by atoms with Crippen LogP contribution in [-0.2, 0) is 0 Å². The molecule has 0 aliphatic rings. The summed E-state index contributed by atoms with van der Waals surface area (Å²) >= 11 is 0. The fraction of sp³-hybridized carbons (Fsp3) is 0. The minimum Gasteiger partial charge on any atom is -0.507 e. The van der Waals surface area contributed by atoms with Crippen LogP contribution in [0.15, 0.2) is 97.1 Å². The maximum Gasteiger partial charge on any atom is 0.124 e. The van der Waals surface area contributed by atoms with E-state index in [-0.39, 0.29) is 11.5 Å². The van der Waals surface area contributed by atoms with Crippen molar-refractivity contribution in [1.29, 1.82) is 0 Å². The topological polar surface area (TPSA) is 40.5 Å². The molecule has 126 valence electrons. The maximum absolute atomic E-state index is 10.7. The first-order chi connectivity index (χ1) is 12.8. The molecule has 0 unspecified atom stereocenters. The molecule has 4 aromatic rings. The lowest BCUT2D eigenvalue weighted by Gasteiger charge is -2.18. The average molecular weight is 338 g/mol. The third kappa shape index (κ3) is 2.82. The van der Waals surface area contributed by atoms with Crippen LogP contribution in [0, 0.1) is 0 Å². The first-order valence-corrected chi connectivity index (χ1v) is 8.51. The van der Waals surface area contributed by atoms with Crippen molar-refractivity contribution in [3.05, 3.63) is 97.1 Å². The van der Waals surface area contributed by atoms with Crippen molar-refractivity contribution in [3.8, 4) is 44.9 Å². The fourth-order valence-electron chi connectivity index (χ4n) is 3.31. The molecule has 4 aromatic carbocycles. The number of rotatable bonds is 3. The van der Waals surface area contributed by atoms with Gasteiger partial charge >= 0.3 is 0 Å². The Bertz CT molecular complexity index is 1040. The lowest BCUT2D eigenvalue weighted by atomic mass is 9.87. The molecule has 0 aliphatic carbocycles. The smallest absolute Gasteiger partial charge is 0.124 e. The van der Waals surface area contributed by atoms with Crippen molar-refractivity contribution in [1.82, 2.24) is 0 Å². The van der Waals surface area contributed by atoms with Gasteiger partial charge in [-0.25, -0.2) is 0 Å². The second kappa shape index (κ2) is 6.77. The van der Waals surface area contributed by atoms with E-state index in [0.717, 1.165) is 22.3 Å². The van der Waals surface area contributed by atoms with Crippen molar-refractivity contribution in [2.45, 2.75) is 0 Å². The number of phenols is 2. The molecule has 2 nitrogen and oxygen atoms in total. The van der Waals surface area contributed by atoms with Gasteiger partial charge in [-0.15, -0.1) is 0 Å². The summed E-state index contributed by atoms with van der Waals surface area (Å²) in [5, 5.41) is 21.1. The van der Waals surface area contributed by atoms with Gasteiger partial charge in [0.2, 0.25) is 0 Å². The van der Waals surface area contributed by atoms with E-state index in [0.29, 0.717) is 11.1 Å². The summed E-state index contributed by atoms with van der Waals surface area (Å²) in [6, 6.07) is 30.7. The van der Waals surface area contributed by atoms with Gasteiger partial charge in [0.15, 0.2) is 0 Å². The third-order valence-electron chi connectivity index (χ3n) is 4.50. The van der Waals surface area contributed by atoms with Gasteiger partial charge in [-0.2, -0.15) is 0 Å². The molecular formula is C24H18O2. The van der Waals surface area contributed by atoms with E-state index in [1.165, 1.54) is 0 Å². The first kappa shape index (κ1) is 16.0. The van der Waals surface area contributed by atoms with Gasteiger partial charge in [-0.05, 0) is 28.8 Å². The third-order valence-corrected chi connectivity index (χ3v) is 4.50. The summed E-state index contributed by atoms with van der Waals surface area (Å²) in [6.45, 7) is 0. The summed E-state index contributed by atoms with van der Waals surface area (Å²) in [5.41, 5.74) is 5.20. The quantitative estimate of drug-likeness (QED) is 0.474. The molecule has 0 saturated heterocycles. The number of phenolic OH excluding ortho intramolecular Hbond substituents is 2. The molecule has 4 rings (SSSR count). The Balaban J connectivity index is 2.10. The Morgan fingerprint density at radius 2 is 0.962 bits per heavy atom. The largest absolute Gasteiger partial charge is 0.507 e. The molecule has 2 heteroatoms. The Labute approximate surface area is 152 Å². The Hall–Kier alpha value is -3.52. The Morgan fingerprint density at radius 1 is 0.385 bits per heavy atom. The zero-order valence-electron chi connectivity index (χ0n) is 14.1. The molecule has 26 heavy (non-hydrogen) atoms. The molecule has 0 radical (unpaired) electrons. The maximum atomic E-state index is 10.7. The molecule has 0 saturated carbocycles. The van der Waals surface area contributed by atoms with Crippen LogP contribution in [-0.4, -0.2) is 10.2 Å². The van der Waals surface area contributed by atoms with Crippen molar-refractivity contribution in [3.63, 3.8) is 0 Å². The Morgan fingerprint density at radius 3 is 1.62 bits per heavy atom. The number of hydrogen-bond donors (Lipinski definition) is 2. The van der Waals surface area contributed by atoms with Crippen LogP contribution in [0.4, 0.5) is 0 Å². The van der Waals surface area contributed by atoms with Gasteiger partial charge in [0.05, 0.1) is 0 Å². The van der Waals surface area contributed by atoms with Crippen LogP contribution in [0.1, 0.15) is 0 Å². The highest BCUT2D eigenvalue weighted by Gasteiger charge is 2.19. The number of benzene rings is 4. The highest BCUT2D eigenvalue weighted by Crippen LogP contribution is 2.46. The van der Waals surface area contributed by atoms with Crippen molar-refractivity contribution in [2.24, 2.45) is 0 Å². The molecule has 0 fully saturated rings. The molecule has 0 aromatic heterocycles. The molecule has 2 N–H and O–H groups in total. The lowest BCUT2D eigenvalue weighted by molar-refractivity contribution is 0.469. The Kier molecular flexibility index (Phi) is 4.16. The van der Waals surface area contributed by atoms with E-state index in [1.54, 1.807) is 18.2 Å². The molecule has 0 aliphatic heterocycles. The van der Waals surface area contributed by atoms with Gasteiger partial charge < -0.3 is 10.2 Å². The van der Waals surface area contributed by atoms with Crippen LogP contribution in [0.3, 0.4) is 0 Å². The minimum absolute atomic E-state index is 0.144. The van der Waals surface area contributed by atoms with Gasteiger partial charge in [0.1, 0.15) is 11.5 Å². The molecular weight excluding hydrogens is 320 g/mol.